The summed E-state index contributed by atoms with van der Waals surface area (Å²) in [5.41, 5.74) is 3.50. The van der Waals surface area contributed by atoms with Crippen LogP contribution in [0.4, 0.5) is 0 Å². The van der Waals surface area contributed by atoms with Gasteiger partial charge < -0.3 is 19.3 Å². The number of fused-ring (bicyclic) bond motifs is 5. The molecule has 2 aromatic heterocycles. The molecule has 37 heavy (non-hydrogen) atoms. The highest BCUT2D eigenvalue weighted by molar-refractivity contribution is 6.39. The molecule has 3 aliphatic rings. The molecule has 3 aliphatic heterocycles. The average Bonchev–Trinajstić information content (AvgIpc) is 3.56. The van der Waals surface area contributed by atoms with Crippen molar-refractivity contribution in [1.29, 1.82) is 0 Å². The predicted octanol–water partition coefficient (Wildman–Crippen LogP) is 3.04. The van der Waals surface area contributed by atoms with Crippen LogP contribution < -0.4 is 5.56 Å². The van der Waals surface area contributed by atoms with Crippen molar-refractivity contribution in [3.05, 3.63) is 62.9 Å². The van der Waals surface area contributed by atoms with E-state index >= 15 is 0 Å². The third kappa shape index (κ3) is 3.80. The van der Waals surface area contributed by atoms with E-state index in [1.807, 2.05) is 18.2 Å². The maximum absolute atomic E-state index is 13.6. The number of cyclic esters (lactones) is 1. The SMILES string of the molecule is CC[C@@]1(O)C(=O)OCc2c1cc1n(c2=O)Cc2c-1nc1ccccc1c2CC[SiH2]C(C)(C)N1CCCC1. The lowest BCUT2D eigenvalue weighted by Crippen LogP contribution is -2.46. The summed E-state index contributed by atoms with van der Waals surface area (Å²) in [5, 5.41) is 12.6. The third-order valence-electron chi connectivity index (χ3n) is 8.89. The zero-order valence-electron chi connectivity index (χ0n) is 22.0. The van der Waals surface area contributed by atoms with Gasteiger partial charge in [0.25, 0.3) is 5.56 Å². The van der Waals surface area contributed by atoms with Gasteiger partial charge in [0.2, 0.25) is 0 Å². The van der Waals surface area contributed by atoms with Gasteiger partial charge in [0.1, 0.15) is 6.61 Å². The number of carbonyl (C=O) groups is 1. The normalized spacial score (nSPS) is 21.5. The van der Waals surface area contributed by atoms with Gasteiger partial charge in [0, 0.05) is 31.2 Å². The van der Waals surface area contributed by atoms with Crippen LogP contribution in [-0.2, 0) is 34.7 Å². The smallest absolute Gasteiger partial charge is 0.343 e. The highest BCUT2D eigenvalue weighted by Crippen LogP contribution is 2.40. The van der Waals surface area contributed by atoms with E-state index < -0.39 is 11.6 Å². The van der Waals surface area contributed by atoms with Crippen LogP contribution in [0, 0.1) is 0 Å². The van der Waals surface area contributed by atoms with Gasteiger partial charge in [-0.15, -0.1) is 0 Å². The first kappa shape index (κ1) is 24.5. The molecular weight excluding hydrogens is 482 g/mol. The molecule has 194 valence electrons. The number of carbonyl (C=O) groups excluding carboxylic acids is 1. The Bertz CT molecular complexity index is 1470. The van der Waals surface area contributed by atoms with Crippen LogP contribution in [0.25, 0.3) is 22.3 Å². The van der Waals surface area contributed by atoms with Crippen molar-refractivity contribution in [3.63, 3.8) is 0 Å². The Morgan fingerprint density at radius 1 is 1.16 bits per heavy atom. The van der Waals surface area contributed by atoms with Crippen molar-refractivity contribution in [2.24, 2.45) is 0 Å². The minimum Gasteiger partial charge on any atom is -0.458 e. The zero-order valence-corrected chi connectivity index (χ0v) is 23.4. The van der Waals surface area contributed by atoms with Gasteiger partial charge in [0.15, 0.2) is 5.60 Å². The van der Waals surface area contributed by atoms with Crippen LogP contribution >= 0.6 is 0 Å². The van der Waals surface area contributed by atoms with E-state index in [0.717, 1.165) is 28.6 Å². The minimum atomic E-state index is -1.81. The Hall–Kier alpha value is -2.81. The number of aromatic nitrogens is 2. The number of hydrogen-bond acceptors (Lipinski definition) is 6. The number of rotatable bonds is 6. The fourth-order valence-electron chi connectivity index (χ4n) is 6.58. The summed E-state index contributed by atoms with van der Waals surface area (Å²) >= 11 is 0. The topological polar surface area (TPSA) is 84.7 Å². The number of benzene rings is 1. The van der Waals surface area contributed by atoms with E-state index in [1.165, 1.54) is 37.5 Å². The number of likely N-dealkylation sites (tertiary alicyclic amines) is 1. The molecule has 3 aromatic rings. The Balaban J connectivity index is 1.43. The van der Waals surface area contributed by atoms with E-state index in [9.17, 15) is 14.7 Å². The summed E-state index contributed by atoms with van der Waals surface area (Å²) in [5.74, 6) is -0.692. The summed E-state index contributed by atoms with van der Waals surface area (Å²) in [4.78, 5) is 33.8. The first-order valence-electron chi connectivity index (χ1n) is 13.6. The molecule has 0 radical (unpaired) electrons. The Morgan fingerprint density at radius 3 is 2.68 bits per heavy atom. The third-order valence-corrected chi connectivity index (χ3v) is 11.3. The lowest BCUT2D eigenvalue weighted by Gasteiger charge is -2.35. The molecule has 0 spiro atoms. The molecule has 6 rings (SSSR count). The summed E-state index contributed by atoms with van der Waals surface area (Å²) in [7, 11) is -0.376. The molecule has 0 amide bonds. The monoisotopic (exact) mass is 517 g/mol. The second-order valence-electron chi connectivity index (χ2n) is 11.4. The number of nitrogens with zero attached hydrogens (tertiary/aromatic N) is 3. The molecule has 1 aromatic carbocycles. The highest BCUT2D eigenvalue weighted by atomic mass is 28.2. The van der Waals surface area contributed by atoms with Gasteiger partial charge in [-0.1, -0.05) is 45.0 Å². The maximum Gasteiger partial charge on any atom is 0.343 e. The highest BCUT2D eigenvalue weighted by Gasteiger charge is 2.45. The van der Waals surface area contributed by atoms with Crippen molar-refractivity contribution in [2.45, 2.75) is 76.4 Å². The van der Waals surface area contributed by atoms with Crippen molar-refractivity contribution in [2.75, 3.05) is 13.1 Å². The van der Waals surface area contributed by atoms with E-state index in [1.54, 1.807) is 11.5 Å². The van der Waals surface area contributed by atoms with Crippen LogP contribution in [0.3, 0.4) is 0 Å². The minimum absolute atomic E-state index is 0.106. The molecule has 1 fully saturated rings. The number of aliphatic hydroxyl groups is 1. The standard InChI is InChI=1S/C29H35N3O4Si/c1-4-29(35)22-15-24-25-20(16-32(24)26(33)21(22)17-36-27(29)34)18(19-9-5-6-10-23(19)30-25)11-14-37-28(2,3)31-12-7-8-13-31/h5-6,9-10,15,35H,4,7-8,11-14,16-17,37H2,1-3H3/t29-/m0/s1. The first-order valence-corrected chi connectivity index (χ1v) is 15.3. The van der Waals surface area contributed by atoms with Crippen LogP contribution in [-0.4, -0.2) is 53.3 Å². The molecule has 0 unspecified atom stereocenters. The van der Waals surface area contributed by atoms with E-state index in [-0.39, 0.29) is 28.1 Å². The molecule has 1 N–H and O–H groups in total. The number of para-hydroxylation sites is 1. The molecule has 0 bridgehead atoms. The Labute approximate surface area is 219 Å². The fourth-order valence-corrected chi connectivity index (χ4v) is 8.60. The summed E-state index contributed by atoms with van der Waals surface area (Å²) < 4.78 is 6.97. The maximum atomic E-state index is 13.6. The quantitative estimate of drug-likeness (QED) is 0.313. The fraction of sp³-hybridized carbons (Fsp3) is 0.483. The second kappa shape index (κ2) is 8.89. The van der Waals surface area contributed by atoms with Gasteiger partial charge in [-0.05, 0) is 56.5 Å². The van der Waals surface area contributed by atoms with Crippen molar-refractivity contribution in [3.8, 4) is 11.4 Å². The van der Waals surface area contributed by atoms with Crippen molar-refractivity contribution >= 4 is 26.4 Å². The lowest BCUT2D eigenvalue weighted by atomic mass is 9.86. The largest absolute Gasteiger partial charge is 0.458 e. The van der Waals surface area contributed by atoms with Gasteiger partial charge in [-0.25, -0.2) is 9.78 Å². The average molecular weight is 518 g/mol. The van der Waals surface area contributed by atoms with Gasteiger partial charge >= 0.3 is 5.97 Å². The molecule has 7 nitrogen and oxygen atoms in total. The lowest BCUT2D eigenvalue weighted by molar-refractivity contribution is -0.172. The molecule has 5 heterocycles. The number of ether oxygens (including phenoxy) is 1. The Morgan fingerprint density at radius 2 is 1.92 bits per heavy atom. The molecule has 1 saturated heterocycles. The molecular formula is C29H35N3O4Si. The van der Waals surface area contributed by atoms with Gasteiger partial charge in [-0.2, -0.15) is 0 Å². The predicted molar refractivity (Wildman–Crippen MR) is 146 cm³/mol. The van der Waals surface area contributed by atoms with Crippen molar-refractivity contribution in [1.82, 2.24) is 14.5 Å². The number of hydrogen-bond donors (Lipinski definition) is 1. The molecule has 0 saturated carbocycles. The summed E-state index contributed by atoms with van der Waals surface area (Å²) in [6.07, 6.45) is 3.72. The van der Waals surface area contributed by atoms with E-state index in [4.69, 9.17) is 9.72 Å². The zero-order chi connectivity index (χ0) is 25.9. The molecule has 0 aliphatic carbocycles. The second-order valence-corrected chi connectivity index (χ2v) is 14.3. The Kier molecular flexibility index (Phi) is 5.89. The number of pyridine rings is 2. The number of aryl methyl sites for hydroxylation is 1. The summed E-state index contributed by atoms with van der Waals surface area (Å²) in [6, 6.07) is 11.2. The van der Waals surface area contributed by atoms with E-state index in [2.05, 4.69) is 30.9 Å². The van der Waals surface area contributed by atoms with Gasteiger partial charge in [-0.3, -0.25) is 4.79 Å². The molecule has 8 heteroatoms. The molecule has 1 atom stereocenters. The van der Waals surface area contributed by atoms with Crippen molar-refractivity contribution < 1.29 is 14.6 Å². The number of esters is 1. The van der Waals surface area contributed by atoms with Crippen LogP contribution in [0.15, 0.2) is 35.1 Å². The van der Waals surface area contributed by atoms with E-state index in [0.29, 0.717) is 28.5 Å². The van der Waals surface area contributed by atoms with Crippen LogP contribution in [0.2, 0.25) is 6.04 Å². The van der Waals surface area contributed by atoms with Crippen LogP contribution in [0.5, 0.6) is 0 Å². The summed E-state index contributed by atoms with van der Waals surface area (Å²) in [6.45, 7) is 9.34. The first-order chi connectivity index (χ1) is 17.7. The van der Waals surface area contributed by atoms with Gasteiger partial charge in [0.05, 0.1) is 29.0 Å². The van der Waals surface area contributed by atoms with Crippen LogP contribution in [0.1, 0.15) is 62.3 Å².